The minimum atomic E-state index is 0.622. The van der Waals surface area contributed by atoms with Gasteiger partial charge in [-0.3, -0.25) is 0 Å². The minimum Gasteiger partial charge on any atom is -0.316 e. The SMILES string of the molecule is c1ccc(-c2nc(-c3ccccc3)nc(-c3cccc(-n4c5ccccc5c5ccc6c(c7cc8ccn(-c9ccccc9)c8cc7n6-c6ccccc6)c54)c3)n2)cc1. The van der Waals surface area contributed by atoms with Crippen LogP contribution >= 0.6 is 0 Å². The number of para-hydroxylation sites is 3. The molecule has 12 rings (SSSR count). The molecule has 6 heteroatoms. The van der Waals surface area contributed by atoms with E-state index in [-0.39, 0.29) is 0 Å². The van der Waals surface area contributed by atoms with Gasteiger partial charge < -0.3 is 13.7 Å². The van der Waals surface area contributed by atoms with E-state index >= 15 is 0 Å². The number of fused-ring (bicyclic) bond motifs is 8. The second kappa shape index (κ2) is 13.3. The van der Waals surface area contributed by atoms with E-state index in [1.54, 1.807) is 0 Å². The molecule has 8 aromatic carbocycles. The van der Waals surface area contributed by atoms with Crippen LogP contribution < -0.4 is 0 Å². The molecular weight excluding hydrogens is 721 g/mol. The predicted octanol–water partition coefficient (Wildman–Crippen LogP) is 13.0. The van der Waals surface area contributed by atoms with Gasteiger partial charge in [0.05, 0.1) is 27.6 Å². The standard InChI is InChI=1S/C53H34N6/c1-5-16-35(17-6-1)51-54-52(36-18-7-2-8-19-36)56-53(55-51)38-20-15-25-41(32-38)59-45-27-14-13-26-42(45)43-28-29-46-49(50(43)59)44-33-37-30-31-57(39-21-9-3-10-22-39)47(37)34-48(44)58(46)40-23-11-4-12-24-40/h1-34H. The van der Waals surface area contributed by atoms with E-state index in [0.717, 1.165) is 61.3 Å². The highest BCUT2D eigenvalue weighted by Crippen LogP contribution is 2.43. The summed E-state index contributed by atoms with van der Waals surface area (Å²) in [5.74, 6) is 1.90. The van der Waals surface area contributed by atoms with Crippen LogP contribution in [0.25, 0.3) is 106 Å². The van der Waals surface area contributed by atoms with Gasteiger partial charge in [0.15, 0.2) is 17.5 Å². The number of hydrogen-bond acceptors (Lipinski definition) is 3. The molecule has 0 amide bonds. The van der Waals surface area contributed by atoms with Crippen molar-refractivity contribution in [3.8, 4) is 51.2 Å². The van der Waals surface area contributed by atoms with Gasteiger partial charge in [0.25, 0.3) is 0 Å². The summed E-state index contributed by atoms with van der Waals surface area (Å²) < 4.78 is 7.14. The Hall–Kier alpha value is -8.09. The lowest BCUT2D eigenvalue weighted by molar-refractivity contribution is 1.07. The third-order valence-corrected chi connectivity index (χ3v) is 11.5. The van der Waals surface area contributed by atoms with Gasteiger partial charge in [-0.1, -0.05) is 133 Å². The second-order valence-electron chi connectivity index (χ2n) is 14.9. The van der Waals surface area contributed by atoms with Gasteiger partial charge in [0.2, 0.25) is 0 Å². The van der Waals surface area contributed by atoms with Crippen LogP contribution in [0.3, 0.4) is 0 Å². The van der Waals surface area contributed by atoms with Crippen LogP contribution in [-0.2, 0) is 0 Å². The van der Waals surface area contributed by atoms with Gasteiger partial charge in [-0.15, -0.1) is 0 Å². The predicted molar refractivity (Wildman–Crippen MR) is 242 cm³/mol. The molecule has 0 unspecified atom stereocenters. The Morgan fingerprint density at radius 1 is 0.322 bits per heavy atom. The van der Waals surface area contributed by atoms with Gasteiger partial charge in [-0.25, -0.2) is 15.0 Å². The first-order valence-electron chi connectivity index (χ1n) is 19.9. The average Bonchev–Trinajstić information content (AvgIpc) is 3.99. The first kappa shape index (κ1) is 33.1. The molecule has 276 valence electrons. The zero-order valence-corrected chi connectivity index (χ0v) is 31.8. The van der Waals surface area contributed by atoms with E-state index in [4.69, 9.17) is 15.0 Å². The fraction of sp³-hybridized carbons (Fsp3) is 0. The number of aromatic nitrogens is 6. The highest BCUT2D eigenvalue weighted by Gasteiger charge is 2.23. The fourth-order valence-electron chi connectivity index (χ4n) is 8.84. The molecule has 0 aliphatic rings. The maximum absolute atomic E-state index is 5.09. The Bertz CT molecular complexity index is 3470. The van der Waals surface area contributed by atoms with Crippen LogP contribution in [0.4, 0.5) is 0 Å². The molecule has 4 heterocycles. The molecule has 0 aliphatic carbocycles. The van der Waals surface area contributed by atoms with Gasteiger partial charge in [-0.2, -0.15) is 0 Å². The topological polar surface area (TPSA) is 53.5 Å². The monoisotopic (exact) mass is 754 g/mol. The van der Waals surface area contributed by atoms with Crippen LogP contribution in [0.15, 0.2) is 206 Å². The first-order chi connectivity index (χ1) is 29.3. The Morgan fingerprint density at radius 2 is 0.898 bits per heavy atom. The maximum Gasteiger partial charge on any atom is 0.164 e. The molecule has 0 bridgehead atoms. The quantitative estimate of drug-likeness (QED) is 0.170. The van der Waals surface area contributed by atoms with Crippen molar-refractivity contribution >= 4 is 54.5 Å². The fourth-order valence-corrected chi connectivity index (χ4v) is 8.84. The molecule has 6 nitrogen and oxygen atoms in total. The number of hydrogen-bond donors (Lipinski definition) is 0. The van der Waals surface area contributed by atoms with Crippen molar-refractivity contribution in [1.29, 1.82) is 0 Å². The third kappa shape index (κ3) is 5.31. The largest absolute Gasteiger partial charge is 0.316 e. The van der Waals surface area contributed by atoms with Crippen molar-refractivity contribution in [2.75, 3.05) is 0 Å². The van der Waals surface area contributed by atoms with Crippen molar-refractivity contribution < 1.29 is 0 Å². The van der Waals surface area contributed by atoms with Crippen molar-refractivity contribution in [3.63, 3.8) is 0 Å². The molecule has 0 fully saturated rings. The Balaban J connectivity index is 1.14. The van der Waals surface area contributed by atoms with Gasteiger partial charge >= 0.3 is 0 Å². The summed E-state index contributed by atoms with van der Waals surface area (Å²) in [6.45, 7) is 0. The van der Waals surface area contributed by atoms with Crippen molar-refractivity contribution in [2.45, 2.75) is 0 Å². The van der Waals surface area contributed by atoms with Crippen LogP contribution in [0.1, 0.15) is 0 Å². The number of benzene rings is 8. The zero-order chi connectivity index (χ0) is 38.9. The van der Waals surface area contributed by atoms with E-state index in [0.29, 0.717) is 17.5 Å². The first-order valence-corrected chi connectivity index (χ1v) is 19.9. The van der Waals surface area contributed by atoms with Crippen molar-refractivity contribution in [2.24, 2.45) is 0 Å². The molecule has 0 N–H and O–H groups in total. The van der Waals surface area contributed by atoms with Crippen LogP contribution in [0, 0.1) is 0 Å². The summed E-state index contributed by atoms with van der Waals surface area (Å²) in [4.78, 5) is 15.1. The van der Waals surface area contributed by atoms with Crippen LogP contribution in [0.5, 0.6) is 0 Å². The van der Waals surface area contributed by atoms with Crippen molar-refractivity contribution in [3.05, 3.63) is 206 Å². The summed E-state index contributed by atoms with van der Waals surface area (Å²) in [7, 11) is 0. The lowest BCUT2D eigenvalue weighted by atomic mass is 10.1. The van der Waals surface area contributed by atoms with E-state index in [2.05, 4.69) is 159 Å². The van der Waals surface area contributed by atoms with Gasteiger partial charge in [-0.05, 0) is 66.7 Å². The zero-order valence-electron chi connectivity index (χ0n) is 31.8. The van der Waals surface area contributed by atoms with Gasteiger partial charge in [0, 0.05) is 66.9 Å². The van der Waals surface area contributed by atoms with Crippen LogP contribution in [0.2, 0.25) is 0 Å². The van der Waals surface area contributed by atoms with E-state index in [1.165, 1.54) is 26.9 Å². The third-order valence-electron chi connectivity index (χ3n) is 11.5. The molecule has 0 spiro atoms. The summed E-state index contributed by atoms with van der Waals surface area (Å²) in [5.41, 5.74) is 11.8. The Labute approximate surface area is 339 Å². The molecule has 0 saturated heterocycles. The number of nitrogens with zero attached hydrogens (tertiary/aromatic N) is 6. The molecule has 0 saturated carbocycles. The highest BCUT2D eigenvalue weighted by atomic mass is 15.0. The van der Waals surface area contributed by atoms with E-state index in [1.807, 2.05) is 60.7 Å². The van der Waals surface area contributed by atoms with Crippen LogP contribution in [-0.4, -0.2) is 28.7 Å². The molecular formula is C53H34N6. The van der Waals surface area contributed by atoms with Gasteiger partial charge in [0.1, 0.15) is 0 Å². The van der Waals surface area contributed by atoms with Crippen molar-refractivity contribution in [1.82, 2.24) is 28.7 Å². The summed E-state index contributed by atoms with van der Waals surface area (Å²) in [6.07, 6.45) is 2.18. The minimum absolute atomic E-state index is 0.622. The molecule has 0 radical (unpaired) electrons. The average molecular weight is 755 g/mol. The molecule has 4 aromatic heterocycles. The molecule has 0 atom stereocenters. The second-order valence-corrected chi connectivity index (χ2v) is 14.9. The lowest BCUT2D eigenvalue weighted by Gasteiger charge is -2.12. The maximum atomic E-state index is 5.09. The van der Waals surface area contributed by atoms with E-state index < -0.39 is 0 Å². The van der Waals surface area contributed by atoms with E-state index in [9.17, 15) is 0 Å². The lowest BCUT2D eigenvalue weighted by Crippen LogP contribution is -2.01. The molecule has 12 aromatic rings. The Morgan fingerprint density at radius 3 is 1.59 bits per heavy atom. The summed E-state index contributed by atoms with van der Waals surface area (Å²) in [5, 5.41) is 5.99. The highest BCUT2D eigenvalue weighted by molar-refractivity contribution is 6.27. The number of rotatable bonds is 6. The smallest absolute Gasteiger partial charge is 0.164 e. The summed E-state index contributed by atoms with van der Waals surface area (Å²) in [6, 6.07) is 70.5. The summed E-state index contributed by atoms with van der Waals surface area (Å²) >= 11 is 0. The Kier molecular flexibility index (Phi) is 7.43. The molecule has 0 aliphatic heterocycles. The molecule has 59 heavy (non-hydrogen) atoms. The normalized spacial score (nSPS) is 11.7.